The van der Waals surface area contributed by atoms with E-state index in [1.807, 2.05) is 36.4 Å². The van der Waals surface area contributed by atoms with Crippen molar-refractivity contribution in [1.29, 1.82) is 0 Å². The van der Waals surface area contributed by atoms with E-state index >= 15 is 0 Å². The van der Waals surface area contributed by atoms with Crippen LogP contribution in [-0.4, -0.2) is 19.0 Å². The molecular weight excluding hydrogens is 372 g/mol. The second-order valence-corrected chi connectivity index (χ2v) is 6.00. The molecule has 0 saturated heterocycles. The summed E-state index contributed by atoms with van der Waals surface area (Å²) in [5.74, 6) is 1.43. The third kappa shape index (κ3) is 3.31. The van der Waals surface area contributed by atoms with Gasteiger partial charge >= 0.3 is 0 Å². The molecule has 0 radical (unpaired) electrons. The predicted molar refractivity (Wildman–Crippen MR) is 98.4 cm³/mol. The van der Waals surface area contributed by atoms with Gasteiger partial charge < -0.3 is 13.9 Å². The van der Waals surface area contributed by atoms with Crippen molar-refractivity contribution in [2.75, 3.05) is 19.0 Å². The van der Waals surface area contributed by atoms with Crippen LogP contribution in [0.3, 0.4) is 0 Å². The number of fused-ring (bicyclic) bond motifs is 1. The molecule has 24 heavy (non-hydrogen) atoms. The zero-order chi connectivity index (χ0) is 16.9. The van der Waals surface area contributed by atoms with Crippen LogP contribution in [0.25, 0.3) is 22.3 Å². The molecule has 0 spiro atoms. The Morgan fingerprint density at radius 1 is 1.08 bits per heavy atom. The standard InChI is InChI=1S/C19H17BrO4/c1-22-14-9-7-13(8-10-14)18-19(23-12-4-11-20)17(21)15-5-2-3-6-16(15)24-18/h2-3,5-10H,4,11-12H2,1H3. The summed E-state index contributed by atoms with van der Waals surface area (Å²) in [4.78, 5) is 12.8. The molecule has 4 nitrogen and oxygen atoms in total. The Bertz CT molecular complexity index is 884. The van der Waals surface area contributed by atoms with Gasteiger partial charge in [-0.25, -0.2) is 0 Å². The van der Waals surface area contributed by atoms with Gasteiger partial charge in [0.2, 0.25) is 11.2 Å². The van der Waals surface area contributed by atoms with Crippen LogP contribution in [0.1, 0.15) is 6.42 Å². The van der Waals surface area contributed by atoms with Crippen molar-refractivity contribution in [3.05, 3.63) is 58.8 Å². The Morgan fingerprint density at radius 3 is 2.54 bits per heavy atom. The molecule has 0 saturated carbocycles. The third-order valence-electron chi connectivity index (χ3n) is 3.63. The van der Waals surface area contributed by atoms with Crippen LogP contribution in [0.15, 0.2) is 57.7 Å². The molecule has 3 rings (SSSR count). The molecule has 0 amide bonds. The van der Waals surface area contributed by atoms with Crippen molar-refractivity contribution in [1.82, 2.24) is 0 Å². The first-order chi connectivity index (χ1) is 11.7. The molecule has 0 aliphatic rings. The van der Waals surface area contributed by atoms with Gasteiger partial charge in [-0.3, -0.25) is 4.79 Å². The van der Waals surface area contributed by atoms with Crippen molar-refractivity contribution in [2.24, 2.45) is 0 Å². The van der Waals surface area contributed by atoms with Crippen molar-refractivity contribution >= 4 is 26.9 Å². The zero-order valence-electron chi connectivity index (χ0n) is 13.3. The second-order valence-electron chi connectivity index (χ2n) is 5.21. The van der Waals surface area contributed by atoms with E-state index in [0.717, 1.165) is 23.1 Å². The summed E-state index contributed by atoms with van der Waals surface area (Å²) in [6.45, 7) is 0.442. The molecule has 0 N–H and O–H groups in total. The first kappa shape index (κ1) is 16.6. The molecule has 0 atom stereocenters. The second kappa shape index (κ2) is 7.53. The first-order valence-electron chi connectivity index (χ1n) is 7.63. The minimum absolute atomic E-state index is 0.155. The molecule has 1 heterocycles. The Kier molecular flexibility index (Phi) is 5.20. The van der Waals surface area contributed by atoms with E-state index in [2.05, 4.69) is 15.9 Å². The molecule has 0 aliphatic carbocycles. The fraction of sp³-hybridized carbons (Fsp3) is 0.211. The van der Waals surface area contributed by atoms with E-state index in [1.54, 1.807) is 19.2 Å². The molecule has 124 valence electrons. The average Bonchev–Trinajstić information content (AvgIpc) is 2.63. The van der Waals surface area contributed by atoms with Gasteiger partial charge in [0.25, 0.3) is 0 Å². The lowest BCUT2D eigenvalue weighted by Gasteiger charge is -2.11. The Hall–Kier alpha value is -2.27. The van der Waals surface area contributed by atoms with E-state index in [-0.39, 0.29) is 11.2 Å². The van der Waals surface area contributed by atoms with Gasteiger partial charge in [0.15, 0.2) is 5.76 Å². The Morgan fingerprint density at radius 2 is 1.83 bits per heavy atom. The molecule has 1 aromatic heterocycles. The summed E-state index contributed by atoms with van der Waals surface area (Å²) < 4.78 is 16.9. The summed E-state index contributed by atoms with van der Waals surface area (Å²) in [5.41, 5.74) is 1.16. The van der Waals surface area contributed by atoms with Gasteiger partial charge in [-0.1, -0.05) is 28.1 Å². The highest BCUT2D eigenvalue weighted by atomic mass is 79.9. The van der Waals surface area contributed by atoms with E-state index in [0.29, 0.717) is 23.3 Å². The van der Waals surface area contributed by atoms with Crippen LogP contribution in [0.4, 0.5) is 0 Å². The first-order valence-corrected chi connectivity index (χ1v) is 8.75. The molecule has 0 unspecified atom stereocenters. The van der Waals surface area contributed by atoms with E-state index in [9.17, 15) is 4.79 Å². The molecule has 0 bridgehead atoms. The number of methoxy groups -OCH3 is 1. The minimum Gasteiger partial charge on any atom is -0.497 e. The lowest BCUT2D eigenvalue weighted by Crippen LogP contribution is -2.11. The van der Waals surface area contributed by atoms with Crippen molar-refractivity contribution < 1.29 is 13.9 Å². The predicted octanol–water partition coefficient (Wildman–Crippen LogP) is 4.63. The normalized spacial score (nSPS) is 10.8. The third-order valence-corrected chi connectivity index (χ3v) is 4.19. The van der Waals surface area contributed by atoms with Gasteiger partial charge in [-0.05, 0) is 42.8 Å². The summed E-state index contributed by atoms with van der Waals surface area (Å²) >= 11 is 3.37. The van der Waals surface area contributed by atoms with Crippen LogP contribution in [-0.2, 0) is 0 Å². The van der Waals surface area contributed by atoms with Crippen LogP contribution in [0.2, 0.25) is 0 Å². The summed E-state index contributed by atoms with van der Waals surface area (Å²) in [6, 6.07) is 14.5. The smallest absolute Gasteiger partial charge is 0.235 e. The van der Waals surface area contributed by atoms with Gasteiger partial charge in [0.1, 0.15) is 11.3 Å². The van der Waals surface area contributed by atoms with Crippen molar-refractivity contribution in [3.8, 4) is 22.8 Å². The van der Waals surface area contributed by atoms with Crippen LogP contribution >= 0.6 is 15.9 Å². The van der Waals surface area contributed by atoms with Crippen LogP contribution < -0.4 is 14.9 Å². The summed E-state index contributed by atoms with van der Waals surface area (Å²) in [6.07, 6.45) is 0.800. The molecule has 0 fully saturated rings. The highest BCUT2D eigenvalue weighted by Crippen LogP contribution is 2.31. The zero-order valence-corrected chi connectivity index (χ0v) is 14.8. The van der Waals surface area contributed by atoms with E-state index < -0.39 is 0 Å². The highest BCUT2D eigenvalue weighted by Gasteiger charge is 2.17. The number of ether oxygens (including phenoxy) is 2. The Labute approximate surface area is 148 Å². The molecule has 3 aromatic rings. The lowest BCUT2D eigenvalue weighted by molar-refractivity contribution is 0.310. The number of alkyl halides is 1. The SMILES string of the molecule is COc1ccc(-c2oc3ccccc3c(=O)c2OCCCBr)cc1. The summed E-state index contributed by atoms with van der Waals surface area (Å²) in [7, 11) is 1.61. The van der Waals surface area contributed by atoms with Gasteiger partial charge in [-0.15, -0.1) is 0 Å². The fourth-order valence-electron chi connectivity index (χ4n) is 2.42. The number of para-hydroxylation sites is 1. The van der Waals surface area contributed by atoms with Crippen LogP contribution in [0.5, 0.6) is 11.5 Å². The number of rotatable bonds is 6. The van der Waals surface area contributed by atoms with E-state index in [1.165, 1.54) is 0 Å². The highest BCUT2D eigenvalue weighted by molar-refractivity contribution is 9.09. The van der Waals surface area contributed by atoms with Crippen LogP contribution in [0, 0.1) is 0 Å². The van der Waals surface area contributed by atoms with Crippen molar-refractivity contribution in [3.63, 3.8) is 0 Å². The maximum Gasteiger partial charge on any atom is 0.235 e. The van der Waals surface area contributed by atoms with E-state index in [4.69, 9.17) is 13.9 Å². The number of halogens is 1. The molecule has 0 aliphatic heterocycles. The molecule has 2 aromatic carbocycles. The minimum atomic E-state index is -0.155. The number of hydrogen-bond donors (Lipinski definition) is 0. The average molecular weight is 389 g/mol. The van der Waals surface area contributed by atoms with Gasteiger partial charge in [-0.2, -0.15) is 0 Å². The number of hydrogen-bond acceptors (Lipinski definition) is 4. The van der Waals surface area contributed by atoms with Gasteiger partial charge in [0, 0.05) is 10.9 Å². The van der Waals surface area contributed by atoms with Gasteiger partial charge in [0.05, 0.1) is 19.1 Å². The van der Waals surface area contributed by atoms with Crippen molar-refractivity contribution in [2.45, 2.75) is 6.42 Å². The maximum atomic E-state index is 12.8. The largest absolute Gasteiger partial charge is 0.497 e. The number of benzene rings is 2. The monoisotopic (exact) mass is 388 g/mol. The quantitative estimate of drug-likeness (QED) is 0.456. The maximum absolute atomic E-state index is 12.8. The Balaban J connectivity index is 2.15. The molecular formula is C19H17BrO4. The molecule has 5 heteroatoms. The topological polar surface area (TPSA) is 48.7 Å². The lowest BCUT2D eigenvalue weighted by atomic mass is 10.1. The summed E-state index contributed by atoms with van der Waals surface area (Å²) in [5, 5.41) is 1.33. The fourth-order valence-corrected chi connectivity index (χ4v) is 2.65.